The molecule has 1 atom stereocenters. The van der Waals surface area contributed by atoms with Gasteiger partial charge in [-0.15, -0.1) is 0 Å². The molecular weight excluding hydrogens is 334 g/mol. The maximum atomic E-state index is 12.5. The first-order valence-electron chi connectivity index (χ1n) is 8.28. The van der Waals surface area contributed by atoms with E-state index < -0.39 is 10.8 Å². The lowest BCUT2D eigenvalue weighted by Gasteiger charge is -2.17. The molecule has 1 fully saturated rings. The SMILES string of the molecule is Cc1ccc(N2C[C@@H](NC(=O)c3cccc([N+](=O)[O-])c3C)CC2=O)cc1. The van der Waals surface area contributed by atoms with E-state index in [2.05, 4.69) is 5.32 Å². The molecule has 2 aromatic rings. The third-order valence-electron chi connectivity index (χ3n) is 4.55. The summed E-state index contributed by atoms with van der Waals surface area (Å²) in [6.45, 7) is 3.90. The van der Waals surface area contributed by atoms with Crippen molar-refractivity contribution in [2.45, 2.75) is 26.3 Å². The number of nitrogens with one attached hydrogen (secondary N) is 1. The van der Waals surface area contributed by atoms with Crippen molar-refractivity contribution in [3.63, 3.8) is 0 Å². The fourth-order valence-corrected chi connectivity index (χ4v) is 3.11. The van der Waals surface area contributed by atoms with E-state index in [0.717, 1.165) is 11.3 Å². The van der Waals surface area contributed by atoms with Gasteiger partial charge in [0, 0.05) is 35.8 Å². The van der Waals surface area contributed by atoms with E-state index in [0.29, 0.717) is 12.1 Å². The van der Waals surface area contributed by atoms with E-state index in [1.54, 1.807) is 17.9 Å². The van der Waals surface area contributed by atoms with Crippen LogP contribution in [-0.2, 0) is 4.79 Å². The first-order chi connectivity index (χ1) is 12.4. The van der Waals surface area contributed by atoms with Gasteiger partial charge in [-0.05, 0) is 32.0 Å². The smallest absolute Gasteiger partial charge is 0.273 e. The predicted octanol–water partition coefficient (Wildman–Crippen LogP) is 2.75. The number of anilines is 1. The lowest BCUT2D eigenvalue weighted by atomic mass is 10.1. The van der Waals surface area contributed by atoms with Crippen molar-refractivity contribution >= 4 is 23.2 Å². The van der Waals surface area contributed by atoms with Crippen molar-refractivity contribution < 1.29 is 14.5 Å². The molecule has 134 valence electrons. The zero-order valence-corrected chi connectivity index (χ0v) is 14.6. The molecular formula is C19H19N3O4. The number of hydrogen-bond donors (Lipinski definition) is 1. The second-order valence-electron chi connectivity index (χ2n) is 6.42. The van der Waals surface area contributed by atoms with E-state index in [1.165, 1.54) is 12.1 Å². The fraction of sp³-hybridized carbons (Fsp3) is 0.263. The second kappa shape index (κ2) is 6.95. The standard InChI is InChI=1S/C19H19N3O4/c1-12-6-8-15(9-7-12)21-11-14(10-18(21)23)20-19(24)16-4-3-5-17(13(16)2)22(25)26/h3-9,14H,10-11H2,1-2H3,(H,20,24)/t14-/m0/s1. The number of hydrogen-bond acceptors (Lipinski definition) is 4. The van der Waals surface area contributed by atoms with Gasteiger partial charge in [0.15, 0.2) is 0 Å². The molecule has 7 nitrogen and oxygen atoms in total. The average Bonchev–Trinajstić information content (AvgIpc) is 2.95. The molecule has 0 saturated carbocycles. The summed E-state index contributed by atoms with van der Waals surface area (Å²) in [7, 11) is 0. The van der Waals surface area contributed by atoms with Crippen LogP contribution in [-0.4, -0.2) is 29.3 Å². The molecule has 1 aliphatic rings. The highest BCUT2D eigenvalue weighted by molar-refractivity contribution is 6.00. The Hall–Kier alpha value is -3.22. The summed E-state index contributed by atoms with van der Waals surface area (Å²) in [5.41, 5.74) is 2.37. The third kappa shape index (κ3) is 3.42. The van der Waals surface area contributed by atoms with Crippen LogP contribution in [0.15, 0.2) is 42.5 Å². The first kappa shape index (κ1) is 17.6. The van der Waals surface area contributed by atoms with Crippen LogP contribution in [0.4, 0.5) is 11.4 Å². The molecule has 1 heterocycles. The molecule has 26 heavy (non-hydrogen) atoms. The largest absolute Gasteiger partial charge is 0.347 e. The number of carbonyl (C=O) groups excluding carboxylic acids is 2. The van der Waals surface area contributed by atoms with Crippen molar-refractivity contribution in [1.29, 1.82) is 0 Å². The molecule has 0 bridgehead atoms. The van der Waals surface area contributed by atoms with Crippen LogP contribution in [0.25, 0.3) is 0 Å². The number of benzene rings is 2. The highest BCUT2D eigenvalue weighted by Crippen LogP contribution is 2.24. The minimum absolute atomic E-state index is 0.0603. The van der Waals surface area contributed by atoms with Crippen LogP contribution in [0.3, 0.4) is 0 Å². The number of rotatable bonds is 4. The zero-order valence-electron chi connectivity index (χ0n) is 14.6. The Bertz CT molecular complexity index is 877. The van der Waals surface area contributed by atoms with E-state index in [9.17, 15) is 19.7 Å². The summed E-state index contributed by atoms with van der Waals surface area (Å²) in [4.78, 5) is 37.0. The number of carbonyl (C=O) groups is 2. The van der Waals surface area contributed by atoms with Crippen LogP contribution >= 0.6 is 0 Å². The van der Waals surface area contributed by atoms with Gasteiger partial charge in [-0.25, -0.2) is 0 Å². The van der Waals surface area contributed by atoms with Gasteiger partial charge in [0.2, 0.25) is 5.91 Å². The molecule has 7 heteroatoms. The lowest BCUT2D eigenvalue weighted by molar-refractivity contribution is -0.385. The van der Waals surface area contributed by atoms with Gasteiger partial charge in [0.25, 0.3) is 11.6 Å². The summed E-state index contributed by atoms with van der Waals surface area (Å²) in [5, 5.41) is 13.9. The Labute approximate surface area is 150 Å². The van der Waals surface area contributed by atoms with Gasteiger partial charge in [0.05, 0.1) is 11.0 Å². The summed E-state index contributed by atoms with van der Waals surface area (Å²) < 4.78 is 0. The van der Waals surface area contributed by atoms with Crippen molar-refractivity contribution in [3.8, 4) is 0 Å². The lowest BCUT2D eigenvalue weighted by Crippen LogP contribution is -2.37. The summed E-state index contributed by atoms with van der Waals surface area (Å²) in [6.07, 6.45) is 0.202. The third-order valence-corrected chi connectivity index (χ3v) is 4.55. The highest BCUT2D eigenvalue weighted by atomic mass is 16.6. The molecule has 2 aromatic carbocycles. The van der Waals surface area contributed by atoms with Crippen LogP contribution < -0.4 is 10.2 Å². The number of aryl methyl sites for hydroxylation is 1. The molecule has 0 aliphatic carbocycles. The fourth-order valence-electron chi connectivity index (χ4n) is 3.11. The number of amides is 2. The maximum Gasteiger partial charge on any atom is 0.273 e. The van der Waals surface area contributed by atoms with Gasteiger partial charge in [0.1, 0.15) is 0 Å². The summed E-state index contributed by atoms with van der Waals surface area (Å²) in [5.74, 6) is -0.468. The van der Waals surface area contributed by atoms with E-state index in [-0.39, 0.29) is 29.6 Å². The molecule has 0 unspecified atom stereocenters. The summed E-state index contributed by atoms with van der Waals surface area (Å²) in [6, 6.07) is 11.7. The maximum absolute atomic E-state index is 12.5. The Morgan fingerprint density at radius 3 is 2.54 bits per heavy atom. The Morgan fingerprint density at radius 1 is 1.19 bits per heavy atom. The molecule has 0 spiro atoms. The van der Waals surface area contributed by atoms with Crippen LogP contribution in [0, 0.1) is 24.0 Å². The molecule has 1 aliphatic heterocycles. The average molecular weight is 353 g/mol. The summed E-state index contributed by atoms with van der Waals surface area (Å²) >= 11 is 0. The van der Waals surface area contributed by atoms with Gasteiger partial charge in [-0.2, -0.15) is 0 Å². The normalized spacial score (nSPS) is 16.6. The Balaban J connectivity index is 1.73. The molecule has 0 radical (unpaired) electrons. The van der Waals surface area contributed by atoms with Crippen molar-refractivity contribution in [1.82, 2.24) is 5.32 Å². The van der Waals surface area contributed by atoms with Crippen molar-refractivity contribution in [2.75, 3.05) is 11.4 Å². The number of nitrogens with zero attached hydrogens (tertiary/aromatic N) is 2. The number of nitro groups is 1. The zero-order chi connectivity index (χ0) is 18.8. The van der Waals surface area contributed by atoms with Crippen LogP contribution in [0.1, 0.15) is 27.9 Å². The minimum Gasteiger partial charge on any atom is -0.347 e. The monoisotopic (exact) mass is 353 g/mol. The molecule has 1 N–H and O–H groups in total. The van der Waals surface area contributed by atoms with Gasteiger partial charge in [-0.3, -0.25) is 19.7 Å². The number of nitro benzene ring substituents is 1. The van der Waals surface area contributed by atoms with Gasteiger partial charge in [-0.1, -0.05) is 23.8 Å². The van der Waals surface area contributed by atoms with Crippen molar-refractivity contribution in [2.24, 2.45) is 0 Å². The minimum atomic E-state index is -0.510. The van der Waals surface area contributed by atoms with Crippen molar-refractivity contribution in [3.05, 3.63) is 69.3 Å². The molecule has 2 amide bonds. The van der Waals surface area contributed by atoms with E-state index in [4.69, 9.17) is 0 Å². The molecule has 0 aromatic heterocycles. The van der Waals surface area contributed by atoms with Gasteiger partial charge < -0.3 is 10.2 Å². The van der Waals surface area contributed by atoms with E-state index in [1.807, 2.05) is 31.2 Å². The van der Waals surface area contributed by atoms with Gasteiger partial charge >= 0.3 is 0 Å². The topological polar surface area (TPSA) is 92.6 Å². The van der Waals surface area contributed by atoms with E-state index >= 15 is 0 Å². The second-order valence-corrected chi connectivity index (χ2v) is 6.42. The van der Waals surface area contributed by atoms with Crippen LogP contribution in [0.5, 0.6) is 0 Å². The highest BCUT2D eigenvalue weighted by Gasteiger charge is 2.32. The quantitative estimate of drug-likeness (QED) is 0.676. The molecule has 3 rings (SSSR count). The Morgan fingerprint density at radius 2 is 1.88 bits per heavy atom. The Kier molecular flexibility index (Phi) is 4.71. The first-order valence-corrected chi connectivity index (χ1v) is 8.28. The molecule has 1 saturated heterocycles. The predicted molar refractivity (Wildman–Crippen MR) is 97.2 cm³/mol. The van der Waals surface area contributed by atoms with Crippen LogP contribution in [0.2, 0.25) is 0 Å².